The van der Waals surface area contributed by atoms with Gasteiger partial charge in [0.05, 0.1) is 0 Å². The van der Waals surface area contributed by atoms with Gasteiger partial charge in [0.2, 0.25) is 0 Å². The van der Waals surface area contributed by atoms with Gasteiger partial charge in [-0.05, 0) is 57.3 Å². The van der Waals surface area contributed by atoms with Gasteiger partial charge in [-0.25, -0.2) is 4.79 Å². The second-order valence-electron chi connectivity index (χ2n) is 6.95. The molecule has 0 aromatic rings. The van der Waals surface area contributed by atoms with Crippen LogP contribution in [0.4, 0.5) is 4.79 Å². The van der Waals surface area contributed by atoms with Crippen LogP contribution >= 0.6 is 0 Å². The molecule has 0 bridgehead atoms. The van der Waals surface area contributed by atoms with Crippen LogP contribution in [0.5, 0.6) is 0 Å². The number of hydrogen-bond acceptors (Lipinski definition) is 2. The van der Waals surface area contributed by atoms with E-state index in [1.807, 2.05) is 13.8 Å². The maximum absolute atomic E-state index is 12.1. The fourth-order valence-corrected chi connectivity index (χ4v) is 3.42. The molecule has 2 amide bonds. The summed E-state index contributed by atoms with van der Waals surface area (Å²) in [6, 6.07) is 0.272. The third-order valence-corrected chi connectivity index (χ3v) is 5.20. The van der Waals surface area contributed by atoms with E-state index >= 15 is 0 Å². The number of aliphatic hydroxyl groups is 1. The van der Waals surface area contributed by atoms with Crippen LogP contribution in [-0.4, -0.2) is 29.3 Å². The molecule has 3 unspecified atom stereocenters. The van der Waals surface area contributed by atoms with Crippen LogP contribution in [0.1, 0.15) is 65.2 Å². The van der Waals surface area contributed by atoms with Gasteiger partial charge in [0.1, 0.15) is 0 Å². The first-order valence-corrected chi connectivity index (χ1v) is 8.26. The highest BCUT2D eigenvalue weighted by molar-refractivity contribution is 5.75. The molecule has 0 aliphatic heterocycles. The summed E-state index contributed by atoms with van der Waals surface area (Å²) < 4.78 is 0. The summed E-state index contributed by atoms with van der Waals surface area (Å²) in [5, 5.41) is 15.3. The molecule has 0 aromatic carbocycles. The van der Waals surface area contributed by atoms with Crippen LogP contribution in [0.15, 0.2) is 0 Å². The normalized spacial score (nSPS) is 29.6. The lowest BCUT2D eigenvalue weighted by molar-refractivity contribution is 0.191. The Labute approximate surface area is 122 Å². The third kappa shape index (κ3) is 4.37. The monoisotopic (exact) mass is 282 g/mol. The van der Waals surface area contributed by atoms with Crippen molar-refractivity contribution in [2.24, 2.45) is 11.8 Å². The summed E-state index contributed by atoms with van der Waals surface area (Å²) in [6.45, 7) is 4.15. The van der Waals surface area contributed by atoms with Crippen LogP contribution in [0.2, 0.25) is 0 Å². The van der Waals surface area contributed by atoms with Gasteiger partial charge in [0.15, 0.2) is 0 Å². The average molecular weight is 282 g/mol. The summed E-state index contributed by atoms with van der Waals surface area (Å²) in [5.41, 5.74) is -0.302. The summed E-state index contributed by atoms with van der Waals surface area (Å²) in [7, 11) is 0. The fourth-order valence-electron chi connectivity index (χ4n) is 3.42. The quantitative estimate of drug-likeness (QED) is 0.701. The molecule has 2 rings (SSSR count). The number of carbonyl (C=O) groups excluding carboxylic acids is 1. The largest absolute Gasteiger partial charge is 0.396 e. The van der Waals surface area contributed by atoms with Gasteiger partial charge < -0.3 is 15.7 Å². The van der Waals surface area contributed by atoms with E-state index in [1.54, 1.807) is 0 Å². The minimum Gasteiger partial charge on any atom is -0.396 e. The predicted molar refractivity (Wildman–Crippen MR) is 80.5 cm³/mol. The molecule has 20 heavy (non-hydrogen) atoms. The molecule has 0 spiro atoms. The number of nitrogens with one attached hydrogen (secondary N) is 2. The van der Waals surface area contributed by atoms with E-state index in [-0.39, 0.29) is 18.2 Å². The zero-order chi connectivity index (χ0) is 14.6. The highest BCUT2D eigenvalue weighted by atomic mass is 16.3. The van der Waals surface area contributed by atoms with Crippen molar-refractivity contribution in [3.8, 4) is 0 Å². The van der Waals surface area contributed by atoms with Crippen molar-refractivity contribution in [3.63, 3.8) is 0 Å². The number of rotatable bonds is 6. The van der Waals surface area contributed by atoms with E-state index < -0.39 is 0 Å². The van der Waals surface area contributed by atoms with Crippen LogP contribution in [0.3, 0.4) is 0 Å². The van der Waals surface area contributed by atoms with Crippen molar-refractivity contribution >= 4 is 6.03 Å². The average Bonchev–Trinajstić information content (AvgIpc) is 3.23. The molecule has 0 heterocycles. The van der Waals surface area contributed by atoms with E-state index in [9.17, 15) is 4.79 Å². The van der Waals surface area contributed by atoms with E-state index in [1.165, 1.54) is 25.7 Å². The van der Waals surface area contributed by atoms with Crippen molar-refractivity contribution in [1.29, 1.82) is 0 Å². The second kappa shape index (κ2) is 6.79. The van der Waals surface area contributed by atoms with Crippen LogP contribution < -0.4 is 10.6 Å². The van der Waals surface area contributed by atoms with E-state index in [2.05, 4.69) is 10.6 Å². The molecule has 2 aliphatic carbocycles. The SMILES string of the molecule is CCC(C)(CCO)NC(=O)NC1CCCC(C2CC2)C1. The highest BCUT2D eigenvalue weighted by Gasteiger charge is 2.35. The molecule has 4 heteroatoms. The molecule has 3 atom stereocenters. The number of aliphatic hydroxyl groups excluding tert-OH is 1. The first-order valence-electron chi connectivity index (χ1n) is 8.26. The first kappa shape index (κ1) is 15.6. The standard InChI is InChI=1S/C16H30N2O2/c1-3-16(2,9-10-19)18-15(20)17-14-6-4-5-13(11-14)12-7-8-12/h12-14,19H,3-11H2,1-2H3,(H2,17,18,20). The minimum absolute atomic E-state index is 0.0655. The van der Waals surface area contributed by atoms with Crippen LogP contribution in [0, 0.1) is 11.8 Å². The van der Waals surface area contributed by atoms with E-state index in [0.29, 0.717) is 12.5 Å². The van der Waals surface area contributed by atoms with Gasteiger partial charge in [-0.1, -0.05) is 19.8 Å². The van der Waals surface area contributed by atoms with Crippen molar-refractivity contribution in [2.75, 3.05) is 6.61 Å². The first-order chi connectivity index (χ1) is 9.56. The van der Waals surface area contributed by atoms with Gasteiger partial charge in [-0.3, -0.25) is 0 Å². The molecule has 0 radical (unpaired) electrons. The van der Waals surface area contributed by atoms with Gasteiger partial charge in [-0.15, -0.1) is 0 Å². The van der Waals surface area contributed by atoms with Crippen molar-refractivity contribution in [2.45, 2.75) is 76.8 Å². The predicted octanol–water partition coefficient (Wildman–Crippen LogP) is 2.81. The van der Waals surface area contributed by atoms with Gasteiger partial charge in [0.25, 0.3) is 0 Å². The Kier molecular flexibility index (Phi) is 5.30. The zero-order valence-electron chi connectivity index (χ0n) is 13.0. The number of amides is 2. The van der Waals surface area contributed by atoms with Gasteiger partial charge >= 0.3 is 6.03 Å². The minimum atomic E-state index is -0.302. The van der Waals surface area contributed by atoms with E-state index in [0.717, 1.165) is 31.1 Å². The molecule has 3 N–H and O–H groups in total. The number of urea groups is 1. The Hall–Kier alpha value is -0.770. The third-order valence-electron chi connectivity index (χ3n) is 5.20. The lowest BCUT2D eigenvalue weighted by Gasteiger charge is -2.33. The Morgan fingerprint density at radius 1 is 1.25 bits per heavy atom. The molecule has 2 saturated carbocycles. The lowest BCUT2D eigenvalue weighted by atomic mass is 9.83. The molecule has 2 fully saturated rings. The van der Waals surface area contributed by atoms with Gasteiger partial charge in [0, 0.05) is 18.2 Å². The fraction of sp³-hybridized carbons (Fsp3) is 0.938. The summed E-state index contributed by atoms with van der Waals surface area (Å²) >= 11 is 0. The second-order valence-corrected chi connectivity index (χ2v) is 6.95. The number of hydrogen-bond donors (Lipinski definition) is 3. The molecule has 2 aliphatic rings. The van der Waals surface area contributed by atoms with Crippen LogP contribution in [0.25, 0.3) is 0 Å². The van der Waals surface area contributed by atoms with Crippen LogP contribution in [-0.2, 0) is 0 Å². The maximum Gasteiger partial charge on any atom is 0.315 e. The summed E-state index contributed by atoms with van der Waals surface area (Å²) in [4.78, 5) is 12.1. The highest BCUT2D eigenvalue weighted by Crippen LogP contribution is 2.43. The zero-order valence-corrected chi connectivity index (χ0v) is 13.0. The molecule has 116 valence electrons. The summed E-state index contributed by atoms with van der Waals surface area (Å²) in [5.74, 6) is 1.78. The Bertz CT molecular complexity index is 330. The van der Waals surface area contributed by atoms with Crippen molar-refractivity contribution in [3.05, 3.63) is 0 Å². The molecule has 0 saturated heterocycles. The molecule has 4 nitrogen and oxygen atoms in total. The van der Waals surface area contributed by atoms with Crippen molar-refractivity contribution in [1.82, 2.24) is 10.6 Å². The maximum atomic E-state index is 12.1. The Morgan fingerprint density at radius 3 is 2.60 bits per heavy atom. The number of carbonyl (C=O) groups is 1. The molecular weight excluding hydrogens is 252 g/mol. The van der Waals surface area contributed by atoms with E-state index in [4.69, 9.17) is 5.11 Å². The Morgan fingerprint density at radius 2 is 2.00 bits per heavy atom. The summed E-state index contributed by atoms with van der Waals surface area (Å²) in [6.07, 6.45) is 9.08. The van der Waals surface area contributed by atoms with Crippen molar-refractivity contribution < 1.29 is 9.90 Å². The lowest BCUT2D eigenvalue weighted by Crippen LogP contribution is -2.53. The van der Waals surface area contributed by atoms with Gasteiger partial charge in [-0.2, -0.15) is 0 Å². The molecule has 0 aromatic heterocycles. The smallest absolute Gasteiger partial charge is 0.315 e. The molecular formula is C16H30N2O2. The Balaban J connectivity index is 1.78. The topological polar surface area (TPSA) is 61.4 Å².